The van der Waals surface area contributed by atoms with Crippen LogP contribution in [-0.2, 0) is 18.3 Å². The second kappa shape index (κ2) is 12.9. The van der Waals surface area contributed by atoms with Crippen LogP contribution in [0.2, 0.25) is 0 Å². The first-order valence-electron chi connectivity index (χ1n) is 4.78. The third kappa shape index (κ3) is 22.6. The Labute approximate surface area is 179 Å². The minimum atomic E-state index is -5.29. The Morgan fingerprint density at radius 2 is 0.917 bits per heavy atom. The molecule has 2 atom stereocenters. The standard InChI is InChI=1S/2C2H8O7P2.2Na/c2*3-2(11(7,8)9)1-10(4,5)6;;/h2*2-3H,1H2,(H2,4,5,6)(H2,7,8,9);;/q;;2*+1/p-2. The van der Waals surface area contributed by atoms with Gasteiger partial charge in [0.2, 0.25) is 0 Å². The summed E-state index contributed by atoms with van der Waals surface area (Å²) in [5.41, 5.74) is 0. The molecule has 0 saturated heterocycles. The molecule has 20 heteroatoms. The molecule has 24 heavy (non-hydrogen) atoms. The third-order valence-corrected chi connectivity index (χ3v) is 5.65. The maximum atomic E-state index is 10.1. The first-order valence-corrected chi connectivity index (χ1v) is 11.7. The van der Waals surface area contributed by atoms with Crippen LogP contribution >= 0.6 is 30.4 Å². The van der Waals surface area contributed by atoms with Gasteiger partial charge in [-0.15, -0.1) is 0 Å². The monoisotopic (exact) mass is 456 g/mol. The summed E-state index contributed by atoms with van der Waals surface area (Å²) in [7, 11) is -19.3. The van der Waals surface area contributed by atoms with Gasteiger partial charge < -0.3 is 53.9 Å². The summed E-state index contributed by atoms with van der Waals surface area (Å²) in [6.45, 7) is 0. The van der Waals surface area contributed by atoms with Gasteiger partial charge in [-0.25, -0.2) is 0 Å². The van der Waals surface area contributed by atoms with Crippen LogP contribution in [0.5, 0.6) is 0 Å². The van der Waals surface area contributed by atoms with E-state index in [-0.39, 0.29) is 59.1 Å². The summed E-state index contributed by atoms with van der Waals surface area (Å²) in [6.07, 6.45) is -2.57. The van der Waals surface area contributed by atoms with E-state index in [1.807, 2.05) is 0 Å². The Morgan fingerprint density at radius 1 is 0.667 bits per heavy atom. The minimum absolute atomic E-state index is 0. The molecule has 0 aromatic carbocycles. The van der Waals surface area contributed by atoms with Crippen molar-refractivity contribution in [1.29, 1.82) is 0 Å². The third-order valence-electron chi connectivity index (χ3n) is 1.56. The van der Waals surface area contributed by atoms with E-state index in [9.17, 15) is 28.0 Å². The van der Waals surface area contributed by atoms with E-state index in [2.05, 4.69) is 0 Å². The predicted octanol–water partition coefficient (Wildman–Crippen LogP) is -9.94. The van der Waals surface area contributed by atoms with E-state index in [1.54, 1.807) is 0 Å². The van der Waals surface area contributed by atoms with Gasteiger partial charge in [0, 0.05) is 0 Å². The average molecular weight is 456 g/mol. The summed E-state index contributed by atoms with van der Waals surface area (Å²) < 4.78 is 40.1. The van der Waals surface area contributed by atoms with Crippen LogP contribution in [0.25, 0.3) is 0 Å². The van der Waals surface area contributed by atoms with Crippen LogP contribution < -0.4 is 68.9 Å². The Hall–Kier alpha value is 2.52. The maximum Gasteiger partial charge on any atom is 1.00 e. The van der Waals surface area contributed by atoms with Crippen molar-refractivity contribution in [3.05, 3.63) is 0 Å². The van der Waals surface area contributed by atoms with Crippen molar-refractivity contribution in [1.82, 2.24) is 0 Å². The molecule has 0 aromatic heterocycles. The largest absolute Gasteiger partial charge is 1.00 e. The summed E-state index contributed by atoms with van der Waals surface area (Å²) in [4.78, 5) is 68.6. The van der Waals surface area contributed by atoms with Gasteiger partial charge in [0.15, 0.2) is 5.85 Å². The van der Waals surface area contributed by atoms with E-state index in [4.69, 9.17) is 39.6 Å². The average Bonchev–Trinajstić information content (AvgIpc) is 2.09. The first kappa shape index (κ1) is 34.1. The van der Waals surface area contributed by atoms with E-state index in [0.29, 0.717) is 0 Å². The zero-order valence-corrected chi connectivity index (χ0v) is 20.0. The van der Waals surface area contributed by atoms with Crippen molar-refractivity contribution < 1.29 is 127 Å². The normalized spacial score (nSPS) is 15.1. The first-order chi connectivity index (χ1) is 9.26. The SMILES string of the molecule is O=P(O)(O)CC(O)P(=O)(O)O.O=P(O)(O)CC(O)P(=O)([O-])[O-].[Na+].[Na+]. The molecule has 0 fully saturated rings. The van der Waals surface area contributed by atoms with Gasteiger partial charge in [0.25, 0.3) is 0 Å². The van der Waals surface area contributed by atoms with Crippen molar-refractivity contribution in [2.45, 2.75) is 11.7 Å². The summed E-state index contributed by atoms with van der Waals surface area (Å²) >= 11 is 0. The van der Waals surface area contributed by atoms with E-state index in [0.717, 1.165) is 0 Å². The summed E-state index contributed by atoms with van der Waals surface area (Å²) in [5, 5.41) is 16.8. The number of aliphatic hydroxyl groups is 2. The van der Waals surface area contributed by atoms with Crippen LogP contribution in [0.4, 0.5) is 0 Å². The molecule has 0 aliphatic rings. The Kier molecular flexibility index (Phi) is 18.3. The van der Waals surface area contributed by atoms with Crippen molar-refractivity contribution >= 4 is 30.4 Å². The van der Waals surface area contributed by atoms with Crippen molar-refractivity contribution in [3.8, 4) is 0 Å². The van der Waals surface area contributed by atoms with Crippen LogP contribution in [0, 0.1) is 0 Å². The van der Waals surface area contributed by atoms with Crippen molar-refractivity contribution in [2.75, 3.05) is 12.3 Å². The van der Waals surface area contributed by atoms with E-state index < -0.39 is 54.4 Å². The van der Waals surface area contributed by atoms with Crippen LogP contribution in [0.15, 0.2) is 0 Å². The van der Waals surface area contributed by atoms with Crippen LogP contribution in [-0.4, -0.2) is 63.6 Å². The fourth-order valence-electron chi connectivity index (χ4n) is 0.632. The molecule has 0 spiro atoms. The smallest absolute Gasteiger partial charge is 0.809 e. The van der Waals surface area contributed by atoms with Crippen LogP contribution in [0.3, 0.4) is 0 Å². The molecule has 14 nitrogen and oxygen atoms in total. The number of hydrogen-bond acceptors (Lipinski definition) is 8. The molecule has 8 N–H and O–H groups in total. The second-order valence-electron chi connectivity index (χ2n) is 3.78. The van der Waals surface area contributed by atoms with Gasteiger partial charge in [-0.2, -0.15) is 0 Å². The molecule has 0 aliphatic heterocycles. The molecule has 0 radical (unpaired) electrons. The Balaban J connectivity index is -0.000000154. The van der Waals surface area contributed by atoms with Gasteiger partial charge in [-0.3, -0.25) is 13.7 Å². The van der Waals surface area contributed by atoms with Gasteiger partial charge in [-0.1, -0.05) is 0 Å². The van der Waals surface area contributed by atoms with Gasteiger partial charge in [-0.05, 0) is 7.60 Å². The fourth-order valence-corrected chi connectivity index (χ4v) is 4.41. The van der Waals surface area contributed by atoms with E-state index in [1.165, 1.54) is 0 Å². The van der Waals surface area contributed by atoms with Crippen molar-refractivity contribution in [3.63, 3.8) is 0 Å². The zero-order chi connectivity index (χ0) is 18.6. The summed E-state index contributed by atoms with van der Waals surface area (Å²) in [6, 6.07) is 0. The fraction of sp³-hybridized carbons (Fsp3) is 1.00. The van der Waals surface area contributed by atoms with Crippen molar-refractivity contribution in [2.24, 2.45) is 0 Å². The Bertz CT molecular complexity index is 479. The predicted molar refractivity (Wildman–Crippen MR) is 65.5 cm³/mol. The van der Waals surface area contributed by atoms with E-state index >= 15 is 0 Å². The molecule has 0 saturated carbocycles. The number of aliphatic hydroxyl groups excluding tert-OH is 2. The number of rotatable bonds is 6. The molecular formula is C4H14Na2O14P4. The number of hydrogen-bond donors (Lipinski definition) is 8. The summed E-state index contributed by atoms with van der Waals surface area (Å²) in [5.74, 6) is -4.80. The molecule has 0 bridgehead atoms. The molecule has 0 aromatic rings. The van der Waals surface area contributed by atoms with Gasteiger partial charge in [0.1, 0.15) is 0 Å². The van der Waals surface area contributed by atoms with Gasteiger partial charge in [0.05, 0.1) is 18.2 Å². The Morgan fingerprint density at radius 3 is 1.00 bits per heavy atom. The molecule has 2 unspecified atom stereocenters. The topological polar surface area (TPSA) is 276 Å². The zero-order valence-electron chi connectivity index (χ0n) is 12.4. The van der Waals surface area contributed by atoms with Crippen LogP contribution in [0.1, 0.15) is 0 Å². The molecule has 0 heterocycles. The molecule has 0 aliphatic carbocycles. The quantitative estimate of drug-likeness (QED) is 0.136. The molecular weight excluding hydrogens is 442 g/mol. The minimum Gasteiger partial charge on any atom is -0.809 e. The van der Waals surface area contributed by atoms with Gasteiger partial charge >= 0.3 is 81.9 Å². The molecule has 136 valence electrons. The molecule has 0 rings (SSSR count). The molecule has 0 amide bonds. The second-order valence-corrected chi connectivity index (χ2v) is 10.6. The maximum absolute atomic E-state index is 10.1.